The van der Waals surface area contributed by atoms with Gasteiger partial charge >= 0.3 is 0 Å². The van der Waals surface area contributed by atoms with Crippen molar-refractivity contribution < 1.29 is 0 Å². The fourth-order valence-electron chi connectivity index (χ4n) is 2.86. The molecule has 2 aromatic carbocycles. The van der Waals surface area contributed by atoms with Crippen LogP contribution in [0.4, 0.5) is 17.5 Å². The summed E-state index contributed by atoms with van der Waals surface area (Å²) in [7, 11) is 0. The largest absolute Gasteiger partial charge is 0.349 e. The van der Waals surface area contributed by atoms with Gasteiger partial charge in [0.05, 0.1) is 6.20 Å². The zero-order valence-electron chi connectivity index (χ0n) is 15.3. The molecule has 0 aliphatic heterocycles. The molecule has 0 fully saturated rings. The molecule has 138 valence electrons. The zero-order chi connectivity index (χ0) is 19.0. The molecule has 0 bridgehead atoms. The van der Waals surface area contributed by atoms with E-state index in [0.717, 1.165) is 17.1 Å². The molecule has 0 unspecified atom stereocenters. The molecule has 0 aliphatic carbocycles. The van der Waals surface area contributed by atoms with Crippen LogP contribution in [0.1, 0.15) is 11.1 Å². The van der Waals surface area contributed by atoms with Gasteiger partial charge in [0.2, 0.25) is 5.95 Å². The normalized spacial score (nSPS) is 10.4. The fourth-order valence-corrected chi connectivity index (χ4v) is 2.86. The highest BCUT2D eigenvalue weighted by Crippen LogP contribution is 2.25. The Morgan fingerprint density at radius 2 is 1.50 bits per heavy atom. The third-order valence-electron chi connectivity index (χ3n) is 4.27. The first-order valence-corrected chi connectivity index (χ1v) is 9.07. The van der Waals surface area contributed by atoms with Gasteiger partial charge in [-0.15, -0.1) is 5.10 Å². The van der Waals surface area contributed by atoms with E-state index >= 15 is 0 Å². The van der Waals surface area contributed by atoms with E-state index in [4.69, 9.17) is 0 Å². The lowest BCUT2D eigenvalue weighted by Gasteiger charge is -2.24. The summed E-state index contributed by atoms with van der Waals surface area (Å²) in [6.45, 7) is 1.30. The lowest BCUT2D eigenvalue weighted by Crippen LogP contribution is -2.19. The van der Waals surface area contributed by atoms with Crippen molar-refractivity contribution in [3.05, 3.63) is 103 Å². The molecule has 0 amide bonds. The van der Waals surface area contributed by atoms with Gasteiger partial charge in [0.25, 0.3) is 0 Å². The third kappa shape index (κ3) is 4.48. The van der Waals surface area contributed by atoms with Gasteiger partial charge in [-0.05, 0) is 35.4 Å². The van der Waals surface area contributed by atoms with Crippen molar-refractivity contribution in [2.45, 2.75) is 13.1 Å². The maximum absolute atomic E-state index is 4.69. The van der Waals surface area contributed by atoms with Gasteiger partial charge < -0.3 is 10.2 Å². The minimum Gasteiger partial charge on any atom is -0.349 e. The molecule has 0 saturated heterocycles. The molecule has 0 radical (unpaired) electrons. The number of hydrogen-bond donors (Lipinski definition) is 1. The lowest BCUT2D eigenvalue weighted by atomic mass is 10.2. The summed E-state index contributed by atoms with van der Waals surface area (Å²) in [5.41, 5.74) is 3.34. The smallest absolute Gasteiger partial charge is 0.244 e. The van der Waals surface area contributed by atoms with E-state index in [1.807, 2.05) is 48.5 Å². The van der Waals surface area contributed by atoms with Gasteiger partial charge in [0.15, 0.2) is 5.82 Å². The van der Waals surface area contributed by atoms with Gasteiger partial charge in [0, 0.05) is 31.2 Å². The van der Waals surface area contributed by atoms with Crippen LogP contribution in [0, 0.1) is 0 Å². The first-order valence-electron chi connectivity index (χ1n) is 9.07. The predicted octanol–water partition coefficient (Wildman–Crippen LogP) is 4.22. The SMILES string of the molecule is c1ccc(CN(c2ccccc2)c2cnnc(NCc3ccncc3)n2)cc1. The van der Waals surface area contributed by atoms with Gasteiger partial charge in [-0.2, -0.15) is 10.1 Å². The maximum Gasteiger partial charge on any atom is 0.244 e. The quantitative estimate of drug-likeness (QED) is 0.527. The molecule has 0 aliphatic rings. The Hall–Kier alpha value is -3.80. The second kappa shape index (κ2) is 8.73. The summed E-state index contributed by atoms with van der Waals surface area (Å²) >= 11 is 0. The average molecular weight is 368 g/mol. The van der Waals surface area contributed by atoms with Crippen molar-refractivity contribution in [2.75, 3.05) is 10.2 Å². The second-order valence-corrected chi connectivity index (χ2v) is 6.25. The van der Waals surface area contributed by atoms with Crippen molar-refractivity contribution >= 4 is 17.5 Å². The Balaban J connectivity index is 1.59. The zero-order valence-corrected chi connectivity index (χ0v) is 15.3. The number of hydrogen-bond acceptors (Lipinski definition) is 6. The number of nitrogens with zero attached hydrogens (tertiary/aromatic N) is 5. The minimum atomic E-state index is 0.489. The highest BCUT2D eigenvalue weighted by Gasteiger charge is 2.13. The van der Waals surface area contributed by atoms with Crippen LogP contribution in [0.15, 0.2) is 91.4 Å². The Morgan fingerprint density at radius 3 is 2.25 bits per heavy atom. The Kier molecular flexibility index (Phi) is 5.49. The fraction of sp³-hybridized carbons (Fsp3) is 0.0909. The molecule has 28 heavy (non-hydrogen) atoms. The van der Waals surface area contributed by atoms with E-state index < -0.39 is 0 Å². The number of rotatable bonds is 7. The monoisotopic (exact) mass is 368 g/mol. The van der Waals surface area contributed by atoms with Crippen LogP contribution in [0.25, 0.3) is 0 Å². The molecule has 4 rings (SSSR count). The standard InChI is InChI=1S/C22H20N6/c1-3-7-19(8-4-1)17-28(20-9-5-2-6-10-20)21-16-25-27-22(26-21)24-15-18-11-13-23-14-12-18/h1-14,16H,15,17H2,(H,24,26,27). The first-order chi connectivity index (χ1) is 13.9. The number of benzene rings is 2. The maximum atomic E-state index is 4.69. The molecule has 6 heteroatoms. The number of anilines is 3. The van der Waals surface area contributed by atoms with Crippen LogP contribution in [0.3, 0.4) is 0 Å². The summed E-state index contributed by atoms with van der Waals surface area (Å²) in [6, 6.07) is 24.4. The van der Waals surface area contributed by atoms with E-state index in [-0.39, 0.29) is 0 Å². The summed E-state index contributed by atoms with van der Waals surface area (Å²) in [5.74, 6) is 1.23. The minimum absolute atomic E-state index is 0.489. The Bertz CT molecular complexity index is 993. The average Bonchev–Trinajstić information content (AvgIpc) is 2.78. The summed E-state index contributed by atoms with van der Waals surface area (Å²) in [6.07, 6.45) is 5.22. The molecule has 0 saturated carbocycles. The third-order valence-corrected chi connectivity index (χ3v) is 4.27. The number of nitrogens with one attached hydrogen (secondary N) is 1. The second-order valence-electron chi connectivity index (χ2n) is 6.25. The van der Waals surface area contributed by atoms with Crippen LogP contribution < -0.4 is 10.2 Å². The first kappa shape index (κ1) is 17.6. The molecular weight excluding hydrogens is 348 g/mol. The van der Waals surface area contributed by atoms with E-state index in [2.05, 4.69) is 54.6 Å². The van der Waals surface area contributed by atoms with Crippen molar-refractivity contribution in [1.29, 1.82) is 0 Å². The van der Waals surface area contributed by atoms with E-state index in [9.17, 15) is 0 Å². The van der Waals surface area contributed by atoms with Crippen molar-refractivity contribution in [2.24, 2.45) is 0 Å². The van der Waals surface area contributed by atoms with Gasteiger partial charge in [-0.25, -0.2) is 0 Å². The predicted molar refractivity (Wildman–Crippen MR) is 110 cm³/mol. The highest BCUT2D eigenvalue weighted by molar-refractivity contribution is 5.60. The lowest BCUT2D eigenvalue weighted by molar-refractivity contribution is 0.888. The van der Waals surface area contributed by atoms with Crippen molar-refractivity contribution in [3.63, 3.8) is 0 Å². The van der Waals surface area contributed by atoms with Gasteiger partial charge in [-0.1, -0.05) is 48.5 Å². The molecule has 1 N–H and O–H groups in total. The van der Waals surface area contributed by atoms with E-state index in [0.29, 0.717) is 19.0 Å². The van der Waals surface area contributed by atoms with E-state index in [1.165, 1.54) is 5.56 Å². The molecule has 6 nitrogen and oxygen atoms in total. The van der Waals surface area contributed by atoms with Crippen molar-refractivity contribution in [1.82, 2.24) is 20.2 Å². The molecule has 0 atom stereocenters. The van der Waals surface area contributed by atoms with Crippen LogP contribution in [0.5, 0.6) is 0 Å². The topological polar surface area (TPSA) is 66.8 Å². The highest BCUT2D eigenvalue weighted by atomic mass is 15.3. The summed E-state index contributed by atoms with van der Waals surface area (Å²) in [5, 5.41) is 11.5. The molecule has 0 spiro atoms. The van der Waals surface area contributed by atoms with Crippen LogP contribution in [-0.2, 0) is 13.1 Å². The number of aromatic nitrogens is 4. The van der Waals surface area contributed by atoms with Crippen LogP contribution >= 0.6 is 0 Å². The number of pyridine rings is 1. The van der Waals surface area contributed by atoms with Gasteiger partial charge in [-0.3, -0.25) is 4.98 Å². The molecule has 4 aromatic rings. The molecular formula is C22H20N6. The molecule has 2 aromatic heterocycles. The Morgan fingerprint density at radius 1 is 0.786 bits per heavy atom. The van der Waals surface area contributed by atoms with Crippen LogP contribution in [-0.4, -0.2) is 20.2 Å². The van der Waals surface area contributed by atoms with Crippen LogP contribution in [0.2, 0.25) is 0 Å². The summed E-state index contributed by atoms with van der Waals surface area (Å²) < 4.78 is 0. The molecule has 2 heterocycles. The van der Waals surface area contributed by atoms with Gasteiger partial charge in [0.1, 0.15) is 0 Å². The number of para-hydroxylation sites is 1. The summed E-state index contributed by atoms with van der Waals surface area (Å²) in [4.78, 5) is 10.8. The Labute approximate surface area is 163 Å². The van der Waals surface area contributed by atoms with Crippen molar-refractivity contribution in [3.8, 4) is 0 Å². The van der Waals surface area contributed by atoms with E-state index in [1.54, 1.807) is 18.6 Å².